The van der Waals surface area contributed by atoms with Crippen LogP contribution in [0, 0.1) is 5.41 Å². The number of likely N-dealkylation sites (tertiary alicyclic amines) is 1. The standard InChI is InChI=1S/C18H22ClN5O2S/c1-23-8-13(17-20-16(21-22-17)12-6-7-12)18(9-23)10-24(11-18)27(25,26)15-5-3-2-4-14(15)19/h2-5,12-13H,6-11H2,1H3,(H,20,21,22). The number of halogens is 1. The Labute approximate surface area is 163 Å². The summed E-state index contributed by atoms with van der Waals surface area (Å²) in [6, 6.07) is 6.63. The molecule has 1 aliphatic carbocycles. The zero-order valence-corrected chi connectivity index (χ0v) is 16.7. The van der Waals surface area contributed by atoms with Crippen molar-refractivity contribution in [2.45, 2.75) is 29.6 Å². The third-order valence-corrected chi connectivity index (χ3v) is 8.34. The van der Waals surface area contributed by atoms with Gasteiger partial charge in [-0.2, -0.15) is 9.40 Å². The van der Waals surface area contributed by atoms with E-state index in [0.717, 1.165) is 37.6 Å². The van der Waals surface area contributed by atoms with Crippen LogP contribution in [0.1, 0.15) is 36.3 Å². The summed E-state index contributed by atoms with van der Waals surface area (Å²) in [5.41, 5.74) is -0.122. The molecule has 144 valence electrons. The van der Waals surface area contributed by atoms with Crippen LogP contribution in [0.5, 0.6) is 0 Å². The van der Waals surface area contributed by atoms with Gasteiger partial charge in [-0.15, -0.1) is 0 Å². The van der Waals surface area contributed by atoms with Crippen LogP contribution in [0.15, 0.2) is 29.2 Å². The first kappa shape index (κ1) is 17.6. The summed E-state index contributed by atoms with van der Waals surface area (Å²) in [4.78, 5) is 7.18. The Morgan fingerprint density at radius 3 is 2.67 bits per heavy atom. The van der Waals surface area contributed by atoms with Crippen molar-refractivity contribution in [3.8, 4) is 0 Å². The maximum absolute atomic E-state index is 13.0. The summed E-state index contributed by atoms with van der Waals surface area (Å²) in [5, 5.41) is 7.79. The number of benzene rings is 1. The molecule has 3 fully saturated rings. The minimum atomic E-state index is -3.58. The molecule has 3 heterocycles. The molecule has 2 aliphatic heterocycles. The van der Waals surface area contributed by atoms with Gasteiger partial charge in [-0.05, 0) is 32.0 Å². The highest BCUT2D eigenvalue weighted by molar-refractivity contribution is 7.89. The minimum absolute atomic E-state index is 0.122. The molecule has 0 bridgehead atoms. The van der Waals surface area contributed by atoms with Crippen LogP contribution in [0.2, 0.25) is 5.02 Å². The fourth-order valence-electron chi connectivity index (χ4n) is 4.50. The maximum atomic E-state index is 13.0. The van der Waals surface area contributed by atoms with Crippen LogP contribution in [0.3, 0.4) is 0 Å². The highest BCUT2D eigenvalue weighted by Gasteiger charge is 2.58. The van der Waals surface area contributed by atoms with E-state index in [1.54, 1.807) is 28.6 Å². The summed E-state index contributed by atoms with van der Waals surface area (Å²) in [6.07, 6.45) is 2.33. The molecule has 3 aliphatic rings. The lowest BCUT2D eigenvalue weighted by atomic mass is 9.72. The number of H-pyrrole nitrogens is 1. The number of aromatic amines is 1. The number of aromatic nitrogens is 3. The van der Waals surface area contributed by atoms with Crippen molar-refractivity contribution in [1.29, 1.82) is 0 Å². The maximum Gasteiger partial charge on any atom is 0.244 e. The molecular weight excluding hydrogens is 386 g/mol. The molecule has 1 aromatic heterocycles. The second-order valence-corrected chi connectivity index (χ2v) is 10.5. The molecule has 7 nitrogen and oxygen atoms in total. The van der Waals surface area contributed by atoms with E-state index in [4.69, 9.17) is 16.6 Å². The molecule has 1 aromatic carbocycles. The molecular formula is C18H22ClN5O2S. The molecule has 1 N–H and O–H groups in total. The Balaban J connectivity index is 1.40. The summed E-state index contributed by atoms with van der Waals surface area (Å²) < 4.78 is 27.5. The van der Waals surface area contributed by atoms with E-state index in [-0.39, 0.29) is 21.3 Å². The molecule has 5 rings (SSSR count). The average molecular weight is 408 g/mol. The lowest BCUT2D eigenvalue weighted by molar-refractivity contribution is 0.0636. The van der Waals surface area contributed by atoms with Gasteiger partial charge in [-0.3, -0.25) is 5.10 Å². The van der Waals surface area contributed by atoms with Gasteiger partial charge in [0.2, 0.25) is 10.0 Å². The molecule has 9 heteroatoms. The lowest BCUT2D eigenvalue weighted by Gasteiger charge is -2.49. The molecule has 1 saturated carbocycles. The van der Waals surface area contributed by atoms with Crippen molar-refractivity contribution in [3.05, 3.63) is 40.9 Å². The van der Waals surface area contributed by atoms with Crippen molar-refractivity contribution in [3.63, 3.8) is 0 Å². The number of rotatable bonds is 4. The highest BCUT2D eigenvalue weighted by Crippen LogP contribution is 2.50. The molecule has 2 aromatic rings. The van der Waals surface area contributed by atoms with E-state index in [1.807, 2.05) is 0 Å². The van der Waals surface area contributed by atoms with Crippen LogP contribution in [-0.2, 0) is 10.0 Å². The Morgan fingerprint density at radius 1 is 1.22 bits per heavy atom. The Kier molecular flexibility index (Phi) is 3.92. The van der Waals surface area contributed by atoms with Crippen molar-refractivity contribution in [2.75, 3.05) is 33.2 Å². The van der Waals surface area contributed by atoms with Gasteiger partial charge in [0.25, 0.3) is 0 Å². The molecule has 1 atom stereocenters. The number of hydrogen-bond donors (Lipinski definition) is 1. The quantitative estimate of drug-likeness (QED) is 0.838. The van der Waals surface area contributed by atoms with Crippen molar-refractivity contribution in [1.82, 2.24) is 24.4 Å². The second kappa shape index (κ2) is 6.01. The first-order valence-corrected chi connectivity index (χ1v) is 11.1. The zero-order valence-electron chi connectivity index (χ0n) is 15.1. The van der Waals surface area contributed by atoms with Gasteiger partial charge in [0.1, 0.15) is 10.7 Å². The largest absolute Gasteiger partial charge is 0.305 e. The van der Waals surface area contributed by atoms with Crippen molar-refractivity contribution in [2.24, 2.45) is 5.41 Å². The SMILES string of the molecule is CN1CC(c2nc(C3CC3)n[nH]2)C2(C1)CN(S(=O)(=O)c1ccccc1Cl)C2. The molecule has 0 radical (unpaired) electrons. The number of nitrogens with zero attached hydrogens (tertiary/aromatic N) is 4. The third-order valence-electron chi connectivity index (χ3n) is 6.05. The van der Waals surface area contributed by atoms with Gasteiger partial charge >= 0.3 is 0 Å². The molecule has 1 spiro atoms. The fraction of sp³-hybridized carbons (Fsp3) is 0.556. The lowest BCUT2D eigenvalue weighted by Crippen LogP contribution is -2.61. The fourth-order valence-corrected chi connectivity index (χ4v) is 6.63. The van der Waals surface area contributed by atoms with E-state index in [0.29, 0.717) is 19.0 Å². The number of hydrogen-bond acceptors (Lipinski definition) is 5. The monoisotopic (exact) mass is 407 g/mol. The van der Waals surface area contributed by atoms with Gasteiger partial charge < -0.3 is 4.90 Å². The number of sulfonamides is 1. The first-order valence-electron chi connectivity index (χ1n) is 9.24. The van der Waals surface area contributed by atoms with E-state index in [9.17, 15) is 8.42 Å². The van der Waals surface area contributed by atoms with Crippen LogP contribution in [0.25, 0.3) is 0 Å². The van der Waals surface area contributed by atoms with E-state index in [1.165, 1.54) is 0 Å². The van der Waals surface area contributed by atoms with Crippen LogP contribution < -0.4 is 0 Å². The van der Waals surface area contributed by atoms with E-state index >= 15 is 0 Å². The summed E-state index contributed by atoms with van der Waals surface area (Å²) in [6.45, 7) is 2.68. The second-order valence-electron chi connectivity index (χ2n) is 8.17. The number of likely N-dealkylation sites (N-methyl/N-ethyl adjacent to an activating group) is 1. The Morgan fingerprint density at radius 2 is 1.96 bits per heavy atom. The highest BCUT2D eigenvalue weighted by atomic mass is 35.5. The summed E-state index contributed by atoms with van der Waals surface area (Å²) in [7, 11) is -1.51. The third kappa shape index (κ3) is 2.81. The predicted molar refractivity (Wildman–Crippen MR) is 101 cm³/mol. The topological polar surface area (TPSA) is 82.2 Å². The van der Waals surface area contributed by atoms with Crippen LogP contribution in [-0.4, -0.2) is 66.0 Å². The van der Waals surface area contributed by atoms with Crippen molar-refractivity contribution >= 4 is 21.6 Å². The van der Waals surface area contributed by atoms with Gasteiger partial charge in [0, 0.05) is 43.4 Å². The summed E-state index contributed by atoms with van der Waals surface area (Å²) >= 11 is 6.13. The number of nitrogens with one attached hydrogen (secondary N) is 1. The summed E-state index contributed by atoms with van der Waals surface area (Å²) in [5.74, 6) is 2.48. The van der Waals surface area contributed by atoms with Crippen molar-refractivity contribution < 1.29 is 8.42 Å². The smallest absolute Gasteiger partial charge is 0.244 e. The van der Waals surface area contributed by atoms with E-state index < -0.39 is 10.0 Å². The molecule has 2 saturated heterocycles. The van der Waals surface area contributed by atoms with Gasteiger partial charge in [0.15, 0.2) is 5.82 Å². The molecule has 27 heavy (non-hydrogen) atoms. The minimum Gasteiger partial charge on any atom is -0.305 e. The van der Waals surface area contributed by atoms with Crippen LogP contribution >= 0.6 is 11.6 Å². The zero-order chi connectivity index (χ0) is 18.8. The molecule has 0 amide bonds. The van der Waals surface area contributed by atoms with E-state index in [2.05, 4.69) is 22.1 Å². The van der Waals surface area contributed by atoms with Gasteiger partial charge in [0.05, 0.1) is 5.02 Å². The Bertz CT molecular complexity index is 981. The first-order chi connectivity index (χ1) is 12.9. The molecule has 1 unspecified atom stereocenters. The normalized spacial score (nSPS) is 25.8. The predicted octanol–water partition coefficient (Wildman–Crippen LogP) is 2.06. The van der Waals surface area contributed by atoms with Crippen LogP contribution in [0.4, 0.5) is 0 Å². The van der Waals surface area contributed by atoms with Gasteiger partial charge in [-0.25, -0.2) is 13.4 Å². The Hall–Kier alpha value is -1.48. The average Bonchev–Trinajstić information content (AvgIpc) is 3.21. The van der Waals surface area contributed by atoms with Gasteiger partial charge in [-0.1, -0.05) is 23.7 Å².